The van der Waals surface area contributed by atoms with Crippen molar-refractivity contribution >= 4 is 17.5 Å². The number of nitrogens with one attached hydrogen (secondary N) is 2. The van der Waals surface area contributed by atoms with Gasteiger partial charge in [0.1, 0.15) is 0 Å². The van der Waals surface area contributed by atoms with Crippen LogP contribution >= 0.6 is 0 Å². The standard InChI is InChI=1S/C16H18F3N5O2/c1-10(2)24-14(16(17,18)19)12(9-22-24)15(26)21-7-5-13(25)23-11-4-3-6-20-8-11/h3-4,6,8-10H,5,7H2,1-2H3,(H,21,26)(H,23,25). The SMILES string of the molecule is CC(C)n1ncc(C(=O)NCCC(=O)Nc2cccnc2)c1C(F)(F)F. The Bertz CT molecular complexity index is 772. The van der Waals surface area contributed by atoms with Crippen LogP contribution in [0.3, 0.4) is 0 Å². The van der Waals surface area contributed by atoms with Gasteiger partial charge in [-0.3, -0.25) is 19.3 Å². The minimum Gasteiger partial charge on any atom is -0.351 e. The molecule has 0 aliphatic heterocycles. The van der Waals surface area contributed by atoms with Crippen molar-refractivity contribution in [2.75, 3.05) is 11.9 Å². The van der Waals surface area contributed by atoms with Gasteiger partial charge in [-0.2, -0.15) is 18.3 Å². The molecule has 0 aliphatic carbocycles. The molecule has 0 fully saturated rings. The van der Waals surface area contributed by atoms with E-state index in [1.54, 1.807) is 18.3 Å². The monoisotopic (exact) mass is 369 g/mol. The van der Waals surface area contributed by atoms with Gasteiger partial charge in [0.2, 0.25) is 5.91 Å². The van der Waals surface area contributed by atoms with Gasteiger partial charge in [0.25, 0.3) is 5.91 Å². The summed E-state index contributed by atoms with van der Waals surface area (Å²) in [5.41, 5.74) is -1.19. The maximum absolute atomic E-state index is 13.2. The molecule has 0 atom stereocenters. The summed E-state index contributed by atoms with van der Waals surface area (Å²) in [5.74, 6) is -1.33. The van der Waals surface area contributed by atoms with Gasteiger partial charge < -0.3 is 10.6 Å². The zero-order valence-electron chi connectivity index (χ0n) is 14.2. The molecule has 2 amide bonds. The van der Waals surface area contributed by atoms with Crippen LogP contribution in [0.1, 0.15) is 42.4 Å². The molecule has 2 aromatic rings. The second-order valence-electron chi connectivity index (χ2n) is 5.74. The number of hydrogen-bond acceptors (Lipinski definition) is 4. The summed E-state index contributed by atoms with van der Waals surface area (Å²) in [4.78, 5) is 27.7. The Morgan fingerprint density at radius 2 is 2.00 bits per heavy atom. The first-order valence-electron chi connectivity index (χ1n) is 7.83. The molecule has 0 bridgehead atoms. The van der Waals surface area contributed by atoms with Crippen molar-refractivity contribution in [2.45, 2.75) is 32.5 Å². The van der Waals surface area contributed by atoms with Crippen molar-refractivity contribution in [2.24, 2.45) is 0 Å². The maximum atomic E-state index is 13.2. The highest BCUT2D eigenvalue weighted by atomic mass is 19.4. The summed E-state index contributed by atoms with van der Waals surface area (Å²) in [6.45, 7) is 2.95. The number of carbonyl (C=O) groups excluding carboxylic acids is 2. The summed E-state index contributed by atoms with van der Waals surface area (Å²) in [5, 5.41) is 8.52. The second kappa shape index (κ2) is 7.98. The molecule has 2 heterocycles. The minimum absolute atomic E-state index is 0.0969. The van der Waals surface area contributed by atoms with Crippen LogP contribution in [0.15, 0.2) is 30.7 Å². The van der Waals surface area contributed by atoms with Crippen molar-refractivity contribution in [3.63, 3.8) is 0 Å². The molecule has 0 radical (unpaired) electrons. The van der Waals surface area contributed by atoms with Gasteiger partial charge >= 0.3 is 6.18 Å². The molecule has 0 aromatic carbocycles. The highest BCUT2D eigenvalue weighted by Crippen LogP contribution is 2.33. The third-order valence-corrected chi connectivity index (χ3v) is 3.38. The second-order valence-corrected chi connectivity index (χ2v) is 5.74. The van der Waals surface area contributed by atoms with Crippen LogP contribution in [0.4, 0.5) is 18.9 Å². The molecule has 0 saturated carbocycles. The normalized spacial score (nSPS) is 11.5. The van der Waals surface area contributed by atoms with Crippen molar-refractivity contribution in [1.82, 2.24) is 20.1 Å². The van der Waals surface area contributed by atoms with Crippen LogP contribution in [-0.2, 0) is 11.0 Å². The van der Waals surface area contributed by atoms with Crippen molar-refractivity contribution in [3.8, 4) is 0 Å². The lowest BCUT2D eigenvalue weighted by atomic mass is 10.2. The van der Waals surface area contributed by atoms with Crippen LogP contribution in [0.5, 0.6) is 0 Å². The summed E-state index contributed by atoms with van der Waals surface area (Å²) < 4.78 is 40.5. The molecular formula is C16H18F3N5O2. The smallest absolute Gasteiger partial charge is 0.351 e. The highest BCUT2D eigenvalue weighted by Gasteiger charge is 2.40. The average Bonchev–Trinajstić information content (AvgIpc) is 3.01. The van der Waals surface area contributed by atoms with Gasteiger partial charge in [-0.25, -0.2) is 0 Å². The Morgan fingerprint density at radius 3 is 2.58 bits per heavy atom. The van der Waals surface area contributed by atoms with E-state index < -0.39 is 35.3 Å². The minimum atomic E-state index is -4.72. The van der Waals surface area contributed by atoms with Gasteiger partial charge in [-0.05, 0) is 26.0 Å². The molecule has 140 valence electrons. The fourth-order valence-corrected chi connectivity index (χ4v) is 2.25. The Labute approximate surface area is 147 Å². The molecule has 0 saturated heterocycles. The predicted octanol–water partition coefficient (Wildman–Crippen LogP) is 2.64. The molecule has 7 nitrogen and oxygen atoms in total. The van der Waals surface area contributed by atoms with Gasteiger partial charge in [-0.1, -0.05) is 0 Å². The lowest BCUT2D eigenvalue weighted by molar-refractivity contribution is -0.145. The Balaban J connectivity index is 1.97. The van der Waals surface area contributed by atoms with Gasteiger partial charge in [-0.15, -0.1) is 0 Å². The van der Waals surface area contributed by atoms with E-state index in [4.69, 9.17) is 0 Å². The third kappa shape index (κ3) is 4.80. The van der Waals surface area contributed by atoms with Crippen LogP contribution in [0.2, 0.25) is 0 Å². The van der Waals surface area contributed by atoms with Crippen LogP contribution < -0.4 is 10.6 Å². The van der Waals surface area contributed by atoms with Gasteiger partial charge in [0, 0.05) is 25.2 Å². The molecule has 0 unspecified atom stereocenters. The van der Waals surface area contributed by atoms with Crippen molar-refractivity contribution in [1.29, 1.82) is 0 Å². The third-order valence-electron chi connectivity index (χ3n) is 3.38. The first-order chi connectivity index (χ1) is 12.2. The van der Waals surface area contributed by atoms with Gasteiger partial charge in [0.05, 0.1) is 23.6 Å². The number of alkyl halides is 3. The Hall–Kier alpha value is -2.91. The van der Waals surface area contributed by atoms with E-state index in [0.717, 1.165) is 10.9 Å². The quantitative estimate of drug-likeness (QED) is 0.819. The topological polar surface area (TPSA) is 88.9 Å². The summed E-state index contributed by atoms with van der Waals surface area (Å²) in [6, 6.07) is 2.72. The summed E-state index contributed by atoms with van der Waals surface area (Å²) in [6.07, 6.45) is -0.933. The number of halogens is 3. The first kappa shape index (κ1) is 19.4. The Morgan fingerprint density at radius 1 is 1.27 bits per heavy atom. The van der Waals surface area contributed by atoms with E-state index in [2.05, 4.69) is 20.7 Å². The fourth-order valence-electron chi connectivity index (χ4n) is 2.25. The first-order valence-corrected chi connectivity index (χ1v) is 7.83. The van der Waals surface area contributed by atoms with Crippen LogP contribution in [0.25, 0.3) is 0 Å². The average molecular weight is 369 g/mol. The number of nitrogens with zero attached hydrogens (tertiary/aromatic N) is 3. The fraction of sp³-hybridized carbons (Fsp3) is 0.375. The van der Waals surface area contributed by atoms with E-state index in [9.17, 15) is 22.8 Å². The lowest BCUT2D eigenvalue weighted by Gasteiger charge is -2.15. The summed E-state index contributed by atoms with van der Waals surface area (Å²) >= 11 is 0. The van der Waals surface area contributed by atoms with E-state index in [1.807, 2.05) is 0 Å². The molecule has 2 rings (SSSR count). The van der Waals surface area contributed by atoms with E-state index in [-0.39, 0.29) is 13.0 Å². The molecule has 2 aromatic heterocycles. The van der Waals surface area contributed by atoms with E-state index >= 15 is 0 Å². The number of pyridine rings is 1. The molecule has 0 aliphatic rings. The largest absolute Gasteiger partial charge is 0.433 e. The maximum Gasteiger partial charge on any atom is 0.433 e. The van der Waals surface area contributed by atoms with Gasteiger partial charge in [0.15, 0.2) is 5.69 Å². The number of carbonyl (C=O) groups is 2. The van der Waals surface area contributed by atoms with Crippen molar-refractivity contribution in [3.05, 3.63) is 42.0 Å². The number of rotatable bonds is 6. The number of aromatic nitrogens is 3. The molecule has 10 heteroatoms. The lowest BCUT2D eigenvalue weighted by Crippen LogP contribution is -2.30. The highest BCUT2D eigenvalue weighted by molar-refractivity contribution is 5.96. The zero-order valence-corrected chi connectivity index (χ0v) is 14.2. The zero-order chi connectivity index (χ0) is 19.3. The summed E-state index contributed by atoms with van der Waals surface area (Å²) in [7, 11) is 0. The number of hydrogen-bond donors (Lipinski definition) is 2. The Kier molecular flexibility index (Phi) is 5.96. The van der Waals surface area contributed by atoms with E-state index in [0.29, 0.717) is 5.69 Å². The molecular weight excluding hydrogens is 351 g/mol. The molecule has 26 heavy (non-hydrogen) atoms. The predicted molar refractivity (Wildman–Crippen MR) is 87.4 cm³/mol. The van der Waals surface area contributed by atoms with Crippen LogP contribution in [0, 0.1) is 0 Å². The van der Waals surface area contributed by atoms with E-state index in [1.165, 1.54) is 20.0 Å². The number of anilines is 1. The number of amides is 2. The molecule has 2 N–H and O–H groups in total. The van der Waals surface area contributed by atoms with Crippen molar-refractivity contribution < 1.29 is 22.8 Å². The molecule has 0 spiro atoms. The van der Waals surface area contributed by atoms with Crippen LogP contribution in [-0.4, -0.2) is 33.1 Å².